The van der Waals surface area contributed by atoms with Crippen molar-refractivity contribution in [2.45, 2.75) is 30.3 Å². The van der Waals surface area contributed by atoms with Crippen LogP contribution in [0.2, 0.25) is 0 Å². The Morgan fingerprint density at radius 1 is 1.25 bits per heavy atom. The summed E-state index contributed by atoms with van der Waals surface area (Å²) in [5.74, 6) is 0.521. The number of fused-ring (bicyclic) bond motifs is 1. The highest BCUT2D eigenvalue weighted by molar-refractivity contribution is 7.89. The number of aromatic nitrogens is 3. The minimum atomic E-state index is -3.56. The molecule has 0 amide bonds. The van der Waals surface area contributed by atoms with Crippen LogP contribution in [0.25, 0.3) is 5.65 Å². The molecule has 2 aromatic heterocycles. The quantitative estimate of drug-likeness (QED) is 0.582. The summed E-state index contributed by atoms with van der Waals surface area (Å²) < 4.78 is 35.7. The molecule has 0 spiro atoms. The fraction of sp³-hybridized carbons (Fsp3) is 0.333. The zero-order valence-electron chi connectivity index (χ0n) is 15.3. The van der Waals surface area contributed by atoms with Gasteiger partial charge in [0.25, 0.3) is 0 Å². The minimum Gasteiger partial charge on any atom is -0.495 e. The highest BCUT2D eigenvalue weighted by Crippen LogP contribution is 2.29. The highest BCUT2D eigenvalue weighted by Gasteiger charge is 2.28. The van der Waals surface area contributed by atoms with Crippen molar-refractivity contribution in [1.29, 1.82) is 0 Å². The molecule has 1 fully saturated rings. The molecule has 1 aromatic carbocycles. The largest absolute Gasteiger partial charge is 0.495 e. The molecule has 28 heavy (non-hydrogen) atoms. The summed E-state index contributed by atoms with van der Waals surface area (Å²) in [6.07, 6.45) is 3.40. The number of hydrogen-bond acceptors (Lipinski definition) is 6. The van der Waals surface area contributed by atoms with Crippen molar-refractivity contribution < 1.29 is 13.2 Å². The lowest BCUT2D eigenvalue weighted by Crippen LogP contribution is -2.26. The minimum absolute atomic E-state index is 0.0328. The molecule has 1 saturated carbocycles. The van der Waals surface area contributed by atoms with Gasteiger partial charge in [0.1, 0.15) is 5.75 Å². The maximum atomic E-state index is 12.4. The number of methoxy groups -OCH3 is 1. The third-order valence-electron chi connectivity index (χ3n) is 4.51. The van der Waals surface area contributed by atoms with Crippen LogP contribution in [0.1, 0.15) is 12.8 Å². The Morgan fingerprint density at radius 2 is 2.07 bits per heavy atom. The lowest BCUT2D eigenvalue weighted by Gasteiger charge is -2.13. The number of nitrogens with zero attached hydrogens (tertiary/aromatic N) is 3. The van der Waals surface area contributed by atoms with E-state index in [4.69, 9.17) is 4.74 Å². The molecule has 0 bridgehead atoms. The van der Waals surface area contributed by atoms with Crippen LogP contribution >= 0.6 is 0 Å². The Kier molecular flexibility index (Phi) is 4.82. The molecule has 0 radical (unpaired) electrons. The van der Waals surface area contributed by atoms with Crippen LogP contribution in [-0.4, -0.2) is 42.3 Å². The van der Waals surface area contributed by atoms with Gasteiger partial charge >= 0.3 is 5.69 Å². The highest BCUT2D eigenvalue weighted by atomic mass is 32.2. The van der Waals surface area contributed by atoms with Crippen LogP contribution in [0.5, 0.6) is 5.75 Å². The van der Waals surface area contributed by atoms with E-state index in [9.17, 15) is 13.2 Å². The van der Waals surface area contributed by atoms with Gasteiger partial charge in [-0.25, -0.2) is 22.6 Å². The molecule has 4 rings (SSSR count). The van der Waals surface area contributed by atoms with Crippen molar-refractivity contribution in [1.82, 2.24) is 18.9 Å². The number of anilines is 1. The third-order valence-corrected chi connectivity index (χ3v) is 6.03. The van der Waals surface area contributed by atoms with Crippen molar-refractivity contribution >= 4 is 21.4 Å². The Morgan fingerprint density at radius 3 is 2.79 bits per heavy atom. The Bertz CT molecular complexity index is 1160. The van der Waals surface area contributed by atoms with Crippen LogP contribution in [0.4, 0.5) is 5.69 Å². The van der Waals surface area contributed by atoms with Gasteiger partial charge < -0.3 is 10.1 Å². The zero-order chi connectivity index (χ0) is 19.7. The van der Waals surface area contributed by atoms with Crippen molar-refractivity contribution in [2.24, 2.45) is 0 Å². The molecule has 9 nitrogen and oxygen atoms in total. The molecule has 2 N–H and O–H groups in total. The number of pyridine rings is 1. The van der Waals surface area contributed by atoms with Crippen LogP contribution in [0, 0.1) is 0 Å². The van der Waals surface area contributed by atoms with Crippen LogP contribution in [0.3, 0.4) is 0 Å². The summed E-state index contributed by atoms with van der Waals surface area (Å²) >= 11 is 0. The summed E-state index contributed by atoms with van der Waals surface area (Å²) in [6, 6.07) is 10.0. The standard InChI is InChI=1S/C18H21N5O4S/c1-27-16-8-7-14(28(25,26)21-13-5-6-13)12-15(16)19-9-11-23-18(24)22-10-3-2-4-17(22)20-23/h2-4,7-8,10,12-13,19,21H,5-6,9,11H2,1H3. The lowest BCUT2D eigenvalue weighted by atomic mass is 10.3. The number of hydrogen-bond donors (Lipinski definition) is 2. The summed E-state index contributed by atoms with van der Waals surface area (Å²) in [4.78, 5) is 12.5. The van der Waals surface area contributed by atoms with Gasteiger partial charge in [0.2, 0.25) is 10.0 Å². The summed E-state index contributed by atoms with van der Waals surface area (Å²) in [6.45, 7) is 0.695. The zero-order valence-corrected chi connectivity index (χ0v) is 16.1. The van der Waals surface area contributed by atoms with E-state index in [1.165, 1.54) is 28.3 Å². The van der Waals surface area contributed by atoms with E-state index >= 15 is 0 Å². The van der Waals surface area contributed by atoms with E-state index in [0.29, 0.717) is 30.2 Å². The monoisotopic (exact) mass is 403 g/mol. The second kappa shape index (κ2) is 7.28. The molecule has 10 heteroatoms. The molecular weight excluding hydrogens is 382 g/mol. The fourth-order valence-electron chi connectivity index (χ4n) is 2.89. The molecule has 3 aromatic rings. The first-order valence-electron chi connectivity index (χ1n) is 8.96. The maximum Gasteiger partial charge on any atom is 0.350 e. The molecule has 0 atom stereocenters. The first-order chi connectivity index (χ1) is 13.5. The SMILES string of the molecule is COc1ccc(S(=O)(=O)NC2CC2)cc1NCCn1nc2ccccn2c1=O. The van der Waals surface area contributed by atoms with E-state index < -0.39 is 10.0 Å². The van der Waals surface area contributed by atoms with Gasteiger partial charge in [0, 0.05) is 18.8 Å². The van der Waals surface area contributed by atoms with E-state index in [1.807, 2.05) is 6.07 Å². The Labute approximate surface area is 162 Å². The third kappa shape index (κ3) is 3.73. The number of rotatable bonds is 8. The van der Waals surface area contributed by atoms with Gasteiger partial charge in [-0.3, -0.25) is 4.40 Å². The molecule has 2 heterocycles. The van der Waals surface area contributed by atoms with Crippen LogP contribution in [-0.2, 0) is 16.6 Å². The topological polar surface area (TPSA) is 107 Å². The molecular formula is C18H21N5O4S. The van der Waals surface area contributed by atoms with Gasteiger partial charge in [-0.2, -0.15) is 0 Å². The van der Waals surface area contributed by atoms with Crippen molar-refractivity contribution in [3.05, 3.63) is 53.1 Å². The summed E-state index contributed by atoms with van der Waals surface area (Å²) in [5.41, 5.74) is 0.886. The average molecular weight is 403 g/mol. The molecule has 1 aliphatic carbocycles. The van der Waals surface area contributed by atoms with Gasteiger partial charge in [0.15, 0.2) is 5.65 Å². The van der Waals surface area contributed by atoms with Crippen molar-refractivity contribution in [3.63, 3.8) is 0 Å². The number of benzene rings is 1. The summed E-state index contributed by atoms with van der Waals surface area (Å²) in [5, 5.41) is 7.41. The van der Waals surface area contributed by atoms with Crippen LogP contribution in [0.15, 0.2) is 52.3 Å². The van der Waals surface area contributed by atoms with Gasteiger partial charge in [-0.15, -0.1) is 5.10 Å². The van der Waals surface area contributed by atoms with Gasteiger partial charge in [0.05, 0.1) is 24.2 Å². The average Bonchev–Trinajstić information content (AvgIpc) is 3.44. The maximum absolute atomic E-state index is 12.4. The second-order valence-corrected chi connectivity index (χ2v) is 8.33. The number of nitrogens with one attached hydrogen (secondary N) is 2. The van der Waals surface area contributed by atoms with Gasteiger partial charge in [-0.1, -0.05) is 6.07 Å². The first-order valence-corrected chi connectivity index (χ1v) is 10.4. The smallest absolute Gasteiger partial charge is 0.350 e. The predicted octanol–water partition coefficient (Wildman–Crippen LogP) is 1.06. The lowest BCUT2D eigenvalue weighted by molar-refractivity contribution is 0.416. The molecule has 1 aliphatic rings. The van der Waals surface area contributed by atoms with E-state index in [2.05, 4.69) is 15.1 Å². The van der Waals surface area contributed by atoms with Crippen molar-refractivity contribution in [3.8, 4) is 5.75 Å². The van der Waals surface area contributed by atoms with E-state index in [0.717, 1.165) is 12.8 Å². The number of sulfonamides is 1. The van der Waals surface area contributed by atoms with Gasteiger partial charge in [-0.05, 0) is 43.2 Å². The second-order valence-electron chi connectivity index (χ2n) is 6.62. The van der Waals surface area contributed by atoms with Crippen LogP contribution < -0.4 is 20.5 Å². The first kappa shape index (κ1) is 18.5. The number of ether oxygens (including phenoxy) is 1. The Balaban J connectivity index is 1.51. The van der Waals surface area contributed by atoms with E-state index in [-0.39, 0.29) is 16.6 Å². The molecule has 0 unspecified atom stereocenters. The Hall–Kier alpha value is -2.85. The molecule has 0 aliphatic heterocycles. The van der Waals surface area contributed by atoms with Crippen molar-refractivity contribution in [2.75, 3.05) is 19.0 Å². The van der Waals surface area contributed by atoms with E-state index in [1.54, 1.807) is 24.4 Å². The fourth-order valence-corrected chi connectivity index (χ4v) is 4.22. The summed E-state index contributed by atoms with van der Waals surface area (Å²) in [7, 11) is -2.04. The molecule has 148 valence electrons. The normalized spacial score (nSPS) is 14.3. The predicted molar refractivity (Wildman–Crippen MR) is 104 cm³/mol. The molecule has 0 saturated heterocycles.